The fourth-order valence-corrected chi connectivity index (χ4v) is 1.56. The van der Waals surface area contributed by atoms with Crippen molar-refractivity contribution >= 4 is 17.6 Å². The number of hydrogen-bond donors (Lipinski definition) is 1. The number of nitro groups is 1. The highest BCUT2D eigenvalue weighted by Crippen LogP contribution is 2.16. The van der Waals surface area contributed by atoms with Crippen LogP contribution in [-0.4, -0.2) is 30.0 Å². The van der Waals surface area contributed by atoms with Gasteiger partial charge < -0.3 is 10.1 Å². The number of carbonyl (C=O) groups excluding carboxylic acids is 2. The molecule has 1 aromatic carbocycles. The lowest BCUT2D eigenvalue weighted by molar-refractivity contribution is -0.384. The largest absolute Gasteiger partial charge is 0.466 e. The lowest BCUT2D eigenvalue weighted by Gasteiger charge is -2.06. The van der Waals surface area contributed by atoms with Gasteiger partial charge in [0.1, 0.15) is 5.82 Å². The monoisotopic (exact) mass is 298 g/mol. The average molecular weight is 298 g/mol. The predicted molar refractivity (Wildman–Crippen MR) is 71.3 cm³/mol. The fraction of sp³-hybridized carbons (Fsp3) is 0.385. The van der Waals surface area contributed by atoms with Crippen molar-refractivity contribution in [3.05, 3.63) is 39.7 Å². The Kier molecular flexibility index (Phi) is 6.25. The van der Waals surface area contributed by atoms with Crippen molar-refractivity contribution in [3.63, 3.8) is 0 Å². The maximum Gasteiger partial charge on any atom is 0.305 e. The molecule has 0 radical (unpaired) electrons. The topological polar surface area (TPSA) is 98.5 Å². The lowest BCUT2D eigenvalue weighted by Crippen LogP contribution is -2.26. The van der Waals surface area contributed by atoms with Crippen LogP contribution >= 0.6 is 0 Å². The minimum absolute atomic E-state index is 0.130. The average Bonchev–Trinajstić information content (AvgIpc) is 2.44. The second kappa shape index (κ2) is 7.93. The highest BCUT2D eigenvalue weighted by atomic mass is 19.1. The molecular formula is C13H15FN2O5. The number of nitro benzene ring substituents is 1. The molecule has 0 saturated heterocycles. The van der Waals surface area contributed by atoms with Crippen molar-refractivity contribution in [2.45, 2.75) is 19.8 Å². The van der Waals surface area contributed by atoms with Gasteiger partial charge in [-0.1, -0.05) is 0 Å². The molecule has 0 saturated carbocycles. The van der Waals surface area contributed by atoms with E-state index in [2.05, 4.69) is 5.32 Å². The number of benzene rings is 1. The molecule has 0 unspecified atom stereocenters. The summed E-state index contributed by atoms with van der Waals surface area (Å²) in [6, 6.07) is 2.72. The van der Waals surface area contributed by atoms with Crippen molar-refractivity contribution in [1.29, 1.82) is 0 Å². The van der Waals surface area contributed by atoms with Gasteiger partial charge in [0, 0.05) is 25.1 Å². The van der Waals surface area contributed by atoms with Gasteiger partial charge in [-0.3, -0.25) is 19.7 Å². The molecule has 7 nitrogen and oxygen atoms in total. The van der Waals surface area contributed by atoms with Crippen LogP contribution in [-0.2, 0) is 9.53 Å². The molecule has 0 aromatic heterocycles. The first-order chi connectivity index (χ1) is 9.95. The zero-order valence-corrected chi connectivity index (χ0v) is 11.4. The van der Waals surface area contributed by atoms with Crippen LogP contribution in [0.2, 0.25) is 0 Å². The number of hydrogen-bond acceptors (Lipinski definition) is 5. The third kappa shape index (κ3) is 5.17. The summed E-state index contributed by atoms with van der Waals surface area (Å²) >= 11 is 0. The van der Waals surface area contributed by atoms with E-state index < -0.39 is 22.2 Å². The van der Waals surface area contributed by atoms with Crippen LogP contribution in [0.5, 0.6) is 0 Å². The summed E-state index contributed by atoms with van der Waals surface area (Å²) in [5.41, 5.74) is -0.770. The molecule has 21 heavy (non-hydrogen) atoms. The Morgan fingerprint density at radius 3 is 2.76 bits per heavy atom. The van der Waals surface area contributed by atoms with E-state index in [9.17, 15) is 24.1 Å². The summed E-state index contributed by atoms with van der Waals surface area (Å²) in [5.74, 6) is -1.99. The number of amides is 1. The van der Waals surface area contributed by atoms with Crippen LogP contribution in [0.3, 0.4) is 0 Å². The molecular weight excluding hydrogens is 283 g/mol. The maximum atomic E-state index is 13.5. The van der Waals surface area contributed by atoms with Gasteiger partial charge >= 0.3 is 5.97 Å². The van der Waals surface area contributed by atoms with E-state index in [0.29, 0.717) is 6.42 Å². The molecule has 0 atom stereocenters. The summed E-state index contributed by atoms with van der Waals surface area (Å²) in [6.07, 6.45) is 0.465. The third-order valence-corrected chi connectivity index (χ3v) is 2.55. The van der Waals surface area contributed by atoms with Gasteiger partial charge in [-0.2, -0.15) is 0 Å². The summed E-state index contributed by atoms with van der Waals surface area (Å²) in [5, 5.41) is 13.0. The smallest absolute Gasteiger partial charge is 0.305 e. The van der Waals surface area contributed by atoms with E-state index >= 15 is 0 Å². The first kappa shape index (κ1) is 16.5. The van der Waals surface area contributed by atoms with E-state index in [0.717, 1.165) is 18.2 Å². The molecule has 114 valence electrons. The third-order valence-electron chi connectivity index (χ3n) is 2.55. The van der Waals surface area contributed by atoms with Crippen LogP contribution < -0.4 is 5.32 Å². The second-order valence-electron chi connectivity index (χ2n) is 4.09. The number of carbonyl (C=O) groups is 2. The van der Waals surface area contributed by atoms with E-state index in [4.69, 9.17) is 4.74 Å². The van der Waals surface area contributed by atoms with E-state index in [-0.39, 0.29) is 31.2 Å². The van der Waals surface area contributed by atoms with E-state index in [1.165, 1.54) is 0 Å². The van der Waals surface area contributed by atoms with Crippen molar-refractivity contribution in [3.8, 4) is 0 Å². The number of nitrogens with one attached hydrogen (secondary N) is 1. The molecule has 0 aliphatic carbocycles. The van der Waals surface area contributed by atoms with Gasteiger partial charge in [-0.05, 0) is 19.4 Å². The SMILES string of the molecule is CCOC(=O)CCCNC(=O)c1cc([N+](=O)[O-])ccc1F. The van der Waals surface area contributed by atoms with Gasteiger partial charge in [-0.15, -0.1) is 0 Å². The lowest BCUT2D eigenvalue weighted by atomic mass is 10.1. The maximum absolute atomic E-state index is 13.5. The molecule has 8 heteroatoms. The van der Waals surface area contributed by atoms with Crippen LogP contribution in [0.1, 0.15) is 30.1 Å². The molecule has 0 aliphatic heterocycles. The molecule has 1 rings (SSSR count). The van der Waals surface area contributed by atoms with Gasteiger partial charge in [0.15, 0.2) is 0 Å². The molecule has 0 heterocycles. The van der Waals surface area contributed by atoms with Gasteiger partial charge in [0.25, 0.3) is 11.6 Å². The van der Waals surface area contributed by atoms with Crippen molar-refractivity contribution in [2.24, 2.45) is 0 Å². The number of non-ortho nitro benzene ring substituents is 1. The minimum Gasteiger partial charge on any atom is -0.466 e. The van der Waals surface area contributed by atoms with Crippen molar-refractivity contribution < 1.29 is 23.6 Å². The van der Waals surface area contributed by atoms with Crippen LogP contribution in [0.4, 0.5) is 10.1 Å². The Hall–Kier alpha value is -2.51. The normalized spacial score (nSPS) is 10.0. The van der Waals surface area contributed by atoms with E-state index in [1.54, 1.807) is 6.92 Å². The number of nitrogens with zero attached hydrogens (tertiary/aromatic N) is 1. The molecule has 1 N–H and O–H groups in total. The fourth-order valence-electron chi connectivity index (χ4n) is 1.56. The van der Waals surface area contributed by atoms with Crippen LogP contribution in [0.15, 0.2) is 18.2 Å². The quantitative estimate of drug-likeness (QED) is 0.358. The number of esters is 1. The zero-order chi connectivity index (χ0) is 15.8. The summed E-state index contributed by atoms with van der Waals surface area (Å²) in [7, 11) is 0. The first-order valence-electron chi connectivity index (χ1n) is 6.33. The first-order valence-corrected chi connectivity index (χ1v) is 6.33. The highest BCUT2D eigenvalue weighted by Gasteiger charge is 2.16. The second-order valence-corrected chi connectivity index (χ2v) is 4.09. The van der Waals surface area contributed by atoms with Crippen molar-refractivity contribution in [1.82, 2.24) is 5.32 Å². The zero-order valence-electron chi connectivity index (χ0n) is 11.4. The minimum atomic E-state index is -0.844. The number of halogens is 1. The molecule has 1 aromatic rings. The Labute approximate surface area is 120 Å². The van der Waals surface area contributed by atoms with E-state index in [1.807, 2.05) is 0 Å². The highest BCUT2D eigenvalue weighted by molar-refractivity contribution is 5.95. The summed E-state index contributed by atoms with van der Waals surface area (Å²) < 4.78 is 18.2. The molecule has 0 aliphatic rings. The summed E-state index contributed by atoms with van der Waals surface area (Å²) in [4.78, 5) is 32.7. The van der Waals surface area contributed by atoms with Crippen LogP contribution in [0, 0.1) is 15.9 Å². The molecule has 1 amide bonds. The van der Waals surface area contributed by atoms with Crippen LogP contribution in [0.25, 0.3) is 0 Å². The Bertz CT molecular complexity index is 547. The molecule has 0 spiro atoms. The van der Waals surface area contributed by atoms with Crippen molar-refractivity contribution in [2.75, 3.05) is 13.2 Å². The number of rotatable bonds is 7. The van der Waals surface area contributed by atoms with Gasteiger partial charge in [0.2, 0.25) is 0 Å². The number of ether oxygens (including phenoxy) is 1. The molecule has 0 bridgehead atoms. The Balaban J connectivity index is 2.54. The Morgan fingerprint density at radius 1 is 1.43 bits per heavy atom. The van der Waals surface area contributed by atoms with Gasteiger partial charge in [-0.25, -0.2) is 4.39 Å². The molecule has 0 fully saturated rings. The van der Waals surface area contributed by atoms with Gasteiger partial charge in [0.05, 0.1) is 17.1 Å². The Morgan fingerprint density at radius 2 is 2.14 bits per heavy atom. The summed E-state index contributed by atoms with van der Waals surface area (Å²) in [6.45, 7) is 2.11. The standard InChI is InChI=1S/C13H15FN2O5/c1-2-21-12(17)4-3-7-15-13(18)10-8-9(16(19)20)5-6-11(10)14/h5-6,8H,2-4,7H2,1H3,(H,15,18). The predicted octanol–water partition coefficient (Wildman–Crippen LogP) is 1.81.